The summed E-state index contributed by atoms with van der Waals surface area (Å²) in [6.07, 6.45) is 0.925. The van der Waals surface area contributed by atoms with Crippen molar-refractivity contribution in [3.05, 3.63) is 40.0 Å². The zero-order chi connectivity index (χ0) is 11.0. The van der Waals surface area contributed by atoms with Crippen LogP contribution in [0.5, 0.6) is 0 Å². The topological polar surface area (TPSA) is 12.9 Å². The van der Waals surface area contributed by atoms with Crippen LogP contribution in [0.3, 0.4) is 0 Å². The third kappa shape index (κ3) is 1.84. The first-order valence-corrected chi connectivity index (χ1v) is 5.56. The Kier molecular flexibility index (Phi) is 2.66. The van der Waals surface area contributed by atoms with E-state index >= 15 is 0 Å². The van der Waals surface area contributed by atoms with Crippen LogP contribution in [0.15, 0.2) is 18.2 Å². The van der Waals surface area contributed by atoms with Gasteiger partial charge in [0.05, 0.1) is 5.52 Å². The molecule has 0 aliphatic heterocycles. The van der Waals surface area contributed by atoms with Gasteiger partial charge < -0.3 is 0 Å². The molecule has 1 heterocycles. The summed E-state index contributed by atoms with van der Waals surface area (Å²) in [6.45, 7) is 6.31. The van der Waals surface area contributed by atoms with E-state index in [-0.39, 0.29) is 0 Å². The van der Waals surface area contributed by atoms with Crippen molar-refractivity contribution in [2.75, 3.05) is 0 Å². The summed E-state index contributed by atoms with van der Waals surface area (Å²) in [7, 11) is 0. The van der Waals surface area contributed by atoms with Crippen molar-refractivity contribution in [2.24, 2.45) is 0 Å². The molecule has 1 aromatic carbocycles. The second kappa shape index (κ2) is 3.82. The van der Waals surface area contributed by atoms with Crippen molar-refractivity contribution in [1.82, 2.24) is 4.98 Å². The SMILES string of the molecule is CCc1cc2cc(C)c(C)cc2nc1Cl. The summed E-state index contributed by atoms with van der Waals surface area (Å²) in [5.41, 5.74) is 4.66. The van der Waals surface area contributed by atoms with Crippen LogP contribution in [0.2, 0.25) is 5.15 Å². The molecule has 15 heavy (non-hydrogen) atoms. The fraction of sp³-hybridized carbons (Fsp3) is 0.308. The van der Waals surface area contributed by atoms with Crippen molar-refractivity contribution in [2.45, 2.75) is 27.2 Å². The Morgan fingerprint density at radius 1 is 1.13 bits per heavy atom. The number of rotatable bonds is 1. The Bertz CT molecular complexity index is 517. The van der Waals surface area contributed by atoms with Gasteiger partial charge in [0.2, 0.25) is 0 Å². The van der Waals surface area contributed by atoms with Gasteiger partial charge in [0.15, 0.2) is 0 Å². The molecule has 0 saturated carbocycles. The molecule has 0 N–H and O–H groups in total. The normalized spacial score (nSPS) is 10.9. The van der Waals surface area contributed by atoms with Crippen LogP contribution in [0.1, 0.15) is 23.6 Å². The van der Waals surface area contributed by atoms with Gasteiger partial charge in [-0.3, -0.25) is 0 Å². The van der Waals surface area contributed by atoms with Crippen LogP contribution < -0.4 is 0 Å². The van der Waals surface area contributed by atoms with E-state index in [4.69, 9.17) is 11.6 Å². The summed E-state index contributed by atoms with van der Waals surface area (Å²) in [5, 5.41) is 1.81. The molecule has 1 aromatic heterocycles. The van der Waals surface area contributed by atoms with Gasteiger partial charge in [-0.05, 0) is 55.2 Å². The Balaban J connectivity index is 2.76. The van der Waals surface area contributed by atoms with Crippen molar-refractivity contribution >= 4 is 22.5 Å². The lowest BCUT2D eigenvalue weighted by Gasteiger charge is -2.06. The Morgan fingerprint density at radius 2 is 1.80 bits per heavy atom. The monoisotopic (exact) mass is 219 g/mol. The first-order chi connectivity index (χ1) is 7.11. The van der Waals surface area contributed by atoms with Crippen LogP contribution in [0.25, 0.3) is 10.9 Å². The maximum atomic E-state index is 6.08. The van der Waals surface area contributed by atoms with E-state index in [0.717, 1.165) is 17.5 Å². The highest BCUT2D eigenvalue weighted by molar-refractivity contribution is 6.30. The van der Waals surface area contributed by atoms with E-state index in [1.54, 1.807) is 0 Å². The van der Waals surface area contributed by atoms with Gasteiger partial charge in [-0.15, -0.1) is 0 Å². The average Bonchev–Trinajstić information content (AvgIpc) is 2.20. The molecule has 0 aliphatic carbocycles. The van der Waals surface area contributed by atoms with Gasteiger partial charge in [-0.2, -0.15) is 0 Å². The van der Waals surface area contributed by atoms with Crippen molar-refractivity contribution < 1.29 is 0 Å². The molecule has 1 nitrogen and oxygen atoms in total. The van der Waals surface area contributed by atoms with Crippen LogP contribution in [-0.4, -0.2) is 4.98 Å². The lowest BCUT2D eigenvalue weighted by atomic mass is 10.0. The lowest BCUT2D eigenvalue weighted by Crippen LogP contribution is -1.90. The van der Waals surface area contributed by atoms with E-state index in [0.29, 0.717) is 5.15 Å². The Hall–Kier alpha value is -1.08. The minimum absolute atomic E-state index is 0.633. The minimum atomic E-state index is 0.633. The van der Waals surface area contributed by atoms with Crippen LogP contribution >= 0.6 is 11.6 Å². The first kappa shape index (κ1) is 10.4. The fourth-order valence-electron chi connectivity index (χ4n) is 1.71. The number of nitrogens with zero attached hydrogens (tertiary/aromatic N) is 1. The van der Waals surface area contributed by atoms with E-state index < -0.39 is 0 Å². The molecule has 0 amide bonds. The van der Waals surface area contributed by atoms with Gasteiger partial charge in [0, 0.05) is 5.39 Å². The summed E-state index contributed by atoms with van der Waals surface area (Å²) >= 11 is 6.08. The smallest absolute Gasteiger partial charge is 0.132 e. The lowest BCUT2D eigenvalue weighted by molar-refractivity contribution is 1.12. The number of aromatic nitrogens is 1. The standard InChI is InChI=1S/C13H14ClN/c1-4-10-7-11-5-8(2)9(3)6-12(11)15-13(10)14/h5-7H,4H2,1-3H3. The van der Waals surface area contributed by atoms with Crippen LogP contribution in [0.4, 0.5) is 0 Å². The number of pyridine rings is 1. The predicted octanol–water partition coefficient (Wildman–Crippen LogP) is 4.07. The Labute approximate surface area is 95.1 Å². The van der Waals surface area contributed by atoms with Gasteiger partial charge in [0.1, 0.15) is 5.15 Å². The second-order valence-electron chi connectivity index (χ2n) is 3.92. The number of benzene rings is 1. The van der Waals surface area contributed by atoms with Crippen LogP contribution in [0, 0.1) is 13.8 Å². The summed E-state index contributed by atoms with van der Waals surface area (Å²) in [6, 6.07) is 6.40. The highest BCUT2D eigenvalue weighted by Crippen LogP contribution is 2.23. The van der Waals surface area contributed by atoms with E-state index in [1.165, 1.54) is 16.5 Å². The molecule has 78 valence electrons. The highest BCUT2D eigenvalue weighted by Gasteiger charge is 2.04. The molecule has 2 rings (SSSR count). The second-order valence-corrected chi connectivity index (χ2v) is 4.28. The van der Waals surface area contributed by atoms with E-state index in [1.807, 2.05) is 0 Å². The average molecular weight is 220 g/mol. The molecule has 0 unspecified atom stereocenters. The molecule has 0 saturated heterocycles. The zero-order valence-corrected chi connectivity index (χ0v) is 10.0. The van der Waals surface area contributed by atoms with Gasteiger partial charge in [-0.1, -0.05) is 18.5 Å². The third-order valence-electron chi connectivity index (χ3n) is 2.84. The van der Waals surface area contributed by atoms with Crippen molar-refractivity contribution in [3.63, 3.8) is 0 Å². The third-order valence-corrected chi connectivity index (χ3v) is 3.16. The molecular weight excluding hydrogens is 206 g/mol. The molecule has 0 atom stereocenters. The van der Waals surface area contributed by atoms with Crippen molar-refractivity contribution in [1.29, 1.82) is 0 Å². The summed E-state index contributed by atoms with van der Waals surface area (Å²) < 4.78 is 0. The number of fused-ring (bicyclic) bond motifs is 1. The predicted molar refractivity (Wildman–Crippen MR) is 65.6 cm³/mol. The van der Waals surface area contributed by atoms with Crippen LogP contribution in [-0.2, 0) is 6.42 Å². The number of aryl methyl sites for hydroxylation is 3. The number of halogens is 1. The summed E-state index contributed by atoms with van der Waals surface area (Å²) in [5.74, 6) is 0. The van der Waals surface area contributed by atoms with Crippen molar-refractivity contribution in [3.8, 4) is 0 Å². The molecule has 0 aliphatic rings. The van der Waals surface area contributed by atoms with Gasteiger partial charge in [0.25, 0.3) is 0 Å². The Morgan fingerprint density at radius 3 is 2.47 bits per heavy atom. The maximum Gasteiger partial charge on any atom is 0.132 e. The quantitative estimate of drug-likeness (QED) is 0.659. The molecule has 0 radical (unpaired) electrons. The molecule has 2 aromatic rings. The number of hydrogen-bond acceptors (Lipinski definition) is 1. The zero-order valence-electron chi connectivity index (χ0n) is 9.26. The molecule has 0 fully saturated rings. The maximum absolute atomic E-state index is 6.08. The highest BCUT2D eigenvalue weighted by atomic mass is 35.5. The fourth-order valence-corrected chi connectivity index (χ4v) is 1.99. The van der Waals surface area contributed by atoms with Gasteiger partial charge >= 0.3 is 0 Å². The largest absolute Gasteiger partial charge is 0.236 e. The number of hydrogen-bond donors (Lipinski definition) is 0. The minimum Gasteiger partial charge on any atom is -0.236 e. The van der Waals surface area contributed by atoms with Gasteiger partial charge in [-0.25, -0.2) is 4.98 Å². The van der Waals surface area contributed by atoms with E-state index in [2.05, 4.69) is 44.0 Å². The first-order valence-electron chi connectivity index (χ1n) is 5.18. The summed E-state index contributed by atoms with van der Waals surface area (Å²) in [4.78, 5) is 4.41. The molecule has 0 bridgehead atoms. The molecule has 0 spiro atoms. The molecular formula is C13H14ClN. The van der Waals surface area contributed by atoms with E-state index in [9.17, 15) is 0 Å². The molecule has 2 heteroatoms.